The second-order valence-corrected chi connectivity index (χ2v) is 2.09. The fourth-order valence-electron chi connectivity index (χ4n) is 0.589. The first-order chi connectivity index (χ1) is 5.85. The fraction of sp³-hybridized carbons (Fsp3) is 0. The Bertz CT molecular complexity index is 231. The van der Waals surface area contributed by atoms with Gasteiger partial charge < -0.3 is 0 Å². The van der Waals surface area contributed by atoms with Crippen LogP contribution < -0.4 is 0 Å². The van der Waals surface area contributed by atoms with E-state index in [0.717, 1.165) is 0 Å². The topological polar surface area (TPSA) is 0 Å². The maximum Gasteiger partial charge on any atom is -0.0263 e. The summed E-state index contributed by atoms with van der Waals surface area (Å²) in [4.78, 5) is 0. The highest BCUT2D eigenvalue weighted by atomic mass is 35.5. The highest BCUT2D eigenvalue weighted by Gasteiger charge is 1.75. The minimum absolute atomic E-state index is 0. The van der Waals surface area contributed by atoms with Crippen molar-refractivity contribution in [3.05, 3.63) is 67.8 Å². The van der Waals surface area contributed by atoms with Crippen molar-refractivity contribution >= 4 is 18.5 Å². The van der Waals surface area contributed by atoms with Gasteiger partial charge in [0, 0.05) is 0 Å². The van der Waals surface area contributed by atoms with Crippen LogP contribution in [0.4, 0.5) is 0 Å². The molecule has 1 rings (SSSR count). The largest absolute Gasteiger partial charge is 0.147 e. The Morgan fingerprint density at radius 1 is 0.846 bits per heavy atom. The van der Waals surface area contributed by atoms with Crippen molar-refractivity contribution in [1.29, 1.82) is 0 Å². The minimum atomic E-state index is 0. The molecule has 0 N–H and O–H groups in total. The Morgan fingerprint density at radius 2 is 1.31 bits per heavy atom. The number of hydrogen-bond acceptors (Lipinski definition) is 0. The van der Waals surface area contributed by atoms with E-state index in [1.807, 2.05) is 36.4 Å². The van der Waals surface area contributed by atoms with Gasteiger partial charge in [-0.1, -0.05) is 68.3 Å². The summed E-state index contributed by atoms with van der Waals surface area (Å²) >= 11 is 0. The summed E-state index contributed by atoms with van der Waals surface area (Å²) in [5, 5.41) is 0. The molecule has 0 aliphatic heterocycles. The smallest absolute Gasteiger partial charge is 0.0263 e. The van der Waals surface area contributed by atoms with Crippen molar-refractivity contribution in [1.82, 2.24) is 0 Å². The second-order valence-electron chi connectivity index (χ2n) is 2.09. The van der Waals surface area contributed by atoms with E-state index in [9.17, 15) is 0 Å². The molecule has 0 unspecified atom stereocenters. The number of halogens is 1. The third-order valence-electron chi connectivity index (χ3n) is 1.20. The molecule has 13 heavy (non-hydrogen) atoms. The molecule has 0 amide bonds. The Labute approximate surface area is 86.7 Å². The van der Waals surface area contributed by atoms with Crippen LogP contribution in [0.15, 0.2) is 62.2 Å². The van der Waals surface area contributed by atoms with Gasteiger partial charge in [0.2, 0.25) is 0 Å². The number of allylic oxidation sites excluding steroid dienone is 2. The minimum Gasteiger partial charge on any atom is -0.147 e. The van der Waals surface area contributed by atoms with Gasteiger partial charge in [-0.2, -0.15) is 0 Å². The lowest BCUT2D eigenvalue weighted by Crippen LogP contribution is -1.63. The van der Waals surface area contributed by atoms with Crippen molar-refractivity contribution < 1.29 is 0 Å². The molecule has 0 atom stereocenters. The van der Waals surface area contributed by atoms with Crippen molar-refractivity contribution in [3.63, 3.8) is 0 Å². The molecule has 0 fully saturated rings. The summed E-state index contributed by atoms with van der Waals surface area (Å²) in [6, 6.07) is 10.0. The maximum absolute atomic E-state index is 3.63. The second kappa shape index (κ2) is 10.7. The van der Waals surface area contributed by atoms with Gasteiger partial charge in [-0.25, -0.2) is 0 Å². The summed E-state index contributed by atoms with van der Waals surface area (Å²) in [5.41, 5.74) is 1.17. The van der Waals surface area contributed by atoms with Crippen LogP contribution in [0, 0.1) is 0 Å². The summed E-state index contributed by atoms with van der Waals surface area (Å²) in [6.07, 6.45) is 5.11. The maximum atomic E-state index is 3.63. The Morgan fingerprint density at radius 3 is 1.54 bits per heavy atom. The van der Waals surface area contributed by atoms with Crippen LogP contribution >= 0.6 is 12.4 Å². The van der Waals surface area contributed by atoms with Gasteiger partial charge in [0.1, 0.15) is 0 Å². The van der Waals surface area contributed by atoms with Crippen molar-refractivity contribution in [2.24, 2.45) is 0 Å². The van der Waals surface area contributed by atoms with Gasteiger partial charge in [-0.05, 0) is 5.56 Å². The van der Waals surface area contributed by atoms with E-state index in [1.165, 1.54) is 5.56 Å². The van der Waals surface area contributed by atoms with Gasteiger partial charge in [0.15, 0.2) is 0 Å². The first-order valence-electron chi connectivity index (χ1n) is 3.76. The first-order valence-corrected chi connectivity index (χ1v) is 3.76. The molecule has 1 aromatic rings. The molecule has 0 aliphatic carbocycles. The van der Waals surface area contributed by atoms with Crippen molar-refractivity contribution in [2.45, 2.75) is 0 Å². The predicted molar refractivity (Wildman–Crippen MR) is 64.2 cm³/mol. The lowest BCUT2D eigenvalue weighted by molar-refractivity contribution is 1.67. The van der Waals surface area contributed by atoms with Gasteiger partial charge >= 0.3 is 0 Å². The zero-order valence-corrected chi connectivity index (χ0v) is 8.46. The van der Waals surface area contributed by atoms with E-state index >= 15 is 0 Å². The zero-order valence-electron chi connectivity index (χ0n) is 7.65. The third kappa shape index (κ3) is 8.64. The van der Waals surface area contributed by atoms with Crippen LogP contribution in [0.5, 0.6) is 0 Å². The fourth-order valence-corrected chi connectivity index (χ4v) is 0.589. The summed E-state index contributed by atoms with van der Waals surface area (Å²) in [7, 11) is 0. The molecular formula is C12H15Cl. The standard InChI is InChI=1S/C8H8.C4H6.ClH/c1-2-8-6-4-3-5-7-8;1-3-4-2;/h2-7H,1H2;3-4H,1-2H2;1H. The first kappa shape index (κ1) is 14.3. The molecular weight excluding hydrogens is 180 g/mol. The highest BCUT2D eigenvalue weighted by Crippen LogP contribution is 1.97. The van der Waals surface area contributed by atoms with E-state index in [2.05, 4.69) is 19.7 Å². The average molecular weight is 195 g/mol. The van der Waals surface area contributed by atoms with E-state index in [1.54, 1.807) is 12.2 Å². The molecule has 0 saturated carbocycles. The Kier molecular flexibility index (Phi) is 11.8. The SMILES string of the molecule is C=CC=C.C=Cc1ccccc1.Cl. The van der Waals surface area contributed by atoms with Crippen molar-refractivity contribution in [2.75, 3.05) is 0 Å². The third-order valence-corrected chi connectivity index (χ3v) is 1.20. The molecule has 0 nitrogen and oxygen atoms in total. The average Bonchev–Trinajstić information content (AvgIpc) is 2.19. The Hall–Kier alpha value is -1.27. The van der Waals surface area contributed by atoms with Crippen LogP contribution in [0.1, 0.15) is 5.56 Å². The van der Waals surface area contributed by atoms with Gasteiger partial charge in [-0.15, -0.1) is 12.4 Å². The van der Waals surface area contributed by atoms with Crippen LogP contribution in [0.3, 0.4) is 0 Å². The summed E-state index contributed by atoms with van der Waals surface area (Å²) in [6.45, 7) is 10.4. The molecule has 0 spiro atoms. The lowest BCUT2D eigenvalue weighted by atomic mass is 10.2. The molecule has 1 heteroatoms. The molecule has 0 saturated heterocycles. The molecule has 0 aliphatic rings. The number of rotatable bonds is 2. The van der Waals surface area contributed by atoms with Gasteiger partial charge in [0.05, 0.1) is 0 Å². The summed E-state index contributed by atoms with van der Waals surface area (Å²) < 4.78 is 0. The number of hydrogen-bond donors (Lipinski definition) is 0. The molecule has 1 aromatic carbocycles. The predicted octanol–water partition coefficient (Wildman–Crippen LogP) is 4.11. The Balaban J connectivity index is 0. The van der Waals surface area contributed by atoms with Crippen LogP contribution in [-0.4, -0.2) is 0 Å². The quantitative estimate of drug-likeness (QED) is 0.622. The van der Waals surface area contributed by atoms with Crippen LogP contribution in [0.25, 0.3) is 6.08 Å². The monoisotopic (exact) mass is 194 g/mol. The van der Waals surface area contributed by atoms with Gasteiger partial charge in [0.25, 0.3) is 0 Å². The zero-order chi connectivity index (χ0) is 9.23. The highest BCUT2D eigenvalue weighted by molar-refractivity contribution is 5.85. The molecule has 70 valence electrons. The van der Waals surface area contributed by atoms with E-state index in [4.69, 9.17) is 0 Å². The molecule has 0 radical (unpaired) electrons. The molecule has 0 aromatic heterocycles. The van der Waals surface area contributed by atoms with Crippen LogP contribution in [-0.2, 0) is 0 Å². The summed E-state index contributed by atoms with van der Waals surface area (Å²) in [5.74, 6) is 0. The molecule has 0 heterocycles. The normalized spacial score (nSPS) is 6.77. The van der Waals surface area contributed by atoms with Crippen LogP contribution in [0.2, 0.25) is 0 Å². The molecule has 0 bridgehead atoms. The van der Waals surface area contributed by atoms with E-state index in [0.29, 0.717) is 0 Å². The van der Waals surface area contributed by atoms with Crippen molar-refractivity contribution in [3.8, 4) is 0 Å². The van der Waals surface area contributed by atoms with Gasteiger partial charge in [-0.3, -0.25) is 0 Å². The van der Waals surface area contributed by atoms with E-state index < -0.39 is 0 Å². The van der Waals surface area contributed by atoms with E-state index in [-0.39, 0.29) is 12.4 Å². The number of benzene rings is 1. The lowest BCUT2D eigenvalue weighted by Gasteiger charge is -1.85.